The number of benzene rings is 1. The molecule has 1 unspecified atom stereocenters. The Hall–Kier alpha value is -1.57. The van der Waals surface area contributed by atoms with Gasteiger partial charge in [0.2, 0.25) is 0 Å². The summed E-state index contributed by atoms with van der Waals surface area (Å²) in [5.41, 5.74) is 4.91. The van der Waals surface area contributed by atoms with Gasteiger partial charge in [-0.2, -0.15) is 0 Å². The number of nitrogens with one attached hydrogen (secondary N) is 1. The summed E-state index contributed by atoms with van der Waals surface area (Å²) in [6, 6.07) is 8.96. The first kappa shape index (κ1) is 15.8. The van der Waals surface area contributed by atoms with Gasteiger partial charge < -0.3 is 5.32 Å². The van der Waals surface area contributed by atoms with Gasteiger partial charge in [-0.3, -0.25) is 4.98 Å². The van der Waals surface area contributed by atoms with E-state index in [1.807, 2.05) is 0 Å². The lowest BCUT2D eigenvalue weighted by atomic mass is 9.96. The zero-order chi connectivity index (χ0) is 15.4. The second-order valence-corrected chi connectivity index (χ2v) is 6.26. The predicted molar refractivity (Wildman–Crippen MR) is 93.3 cm³/mol. The molecule has 0 fully saturated rings. The van der Waals surface area contributed by atoms with Crippen molar-refractivity contribution in [2.45, 2.75) is 59.3 Å². The Bertz CT molecular complexity index is 602. The number of aromatic nitrogens is 1. The highest BCUT2D eigenvalue weighted by Crippen LogP contribution is 2.30. The molecule has 0 aliphatic heterocycles. The molecule has 2 nitrogen and oxygen atoms in total. The van der Waals surface area contributed by atoms with E-state index < -0.39 is 0 Å². The Morgan fingerprint density at radius 2 is 1.86 bits per heavy atom. The number of fused-ring (bicyclic) bond motifs is 1. The minimum atomic E-state index is 0.450. The number of pyridine rings is 1. The zero-order valence-electron chi connectivity index (χ0n) is 14.0. The number of anilines is 1. The van der Waals surface area contributed by atoms with Crippen LogP contribution in [-0.4, -0.2) is 11.5 Å². The van der Waals surface area contributed by atoms with Gasteiger partial charge in [-0.25, -0.2) is 0 Å². The highest BCUT2D eigenvalue weighted by atomic mass is 14.9. The first-order valence-electron chi connectivity index (χ1n) is 8.25. The van der Waals surface area contributed by atoms with E-state index in [1.54, 1.807) is 0 Å². The largest absolute Gasteiger partial charge is 0.384 e. The minimum Gasteiger partial charge on any atom is -0.384 e. The van der Waals surface area contributed by atoms with Crippen LogP contribution < -0.4 is 5.32 Å². The second-order valence-electron chi connectivity index (χ2n) is 6.26. The molecular formula is C19H28N2. The van der Waals surface area contributed by atoms with Crippen LogP contribution in [0.15, 0.2) is 24.3 Å². The maximum atomic E-state index is 4.83. The molecule has 1 atom stereocenters. The molecule has 0 saturated heterocycles. The fourth-order valence-corrected chi connectivity index (χ4v) is 2.51. The van der Waals surface area contributed by atoms with Crippen molar-refractivity contribution in [2.75, 3.05) is 11.9 Å². The fraction of sp³-hybridized carbons (Fsp3) is 0.526. The smallest absolute Gasteiger partial charge is 0.0726 e. The molecule has 21 heavy (non-hydrogen) atoms. The van der Waals surface area contributed by atoms with E-state index >= 15 is 0 Å². The van der Waals surface area contributed by atoms with Crippen LogP contribution in [0.5, 0.6) is 0 Å². The van der Waals surface area contributed by atoms with Gasteiger partial charge >= 0.3 is 0 Å². The van der Waals surface area contributed by atoms with Crippen molar-refractivity contribution in [3.8, 4) is 0 Å². The van der Waals surface area contributed by atoms with Crippen molar-refractivity contribution in [1.82, 2.24) is 4.98 Å². The monoisotopic (exact) mass is 284 g/mol. The molecule has 114 valence electrons. The van der Waals surface area contributed by atoms with Crippen LogP contribution in [0.2, 0.25) is 0 Å². The lowest BCUT2D eigenvalue weighted by Crippen LogP contribution is -2.04. The summed E-state index contributed by atoms with van der Waals surface area (Å²) in [6.07, 6.45) is 2.30. The summed E-state index contributed by atoms with van der Waals surface area (Å²) in [7, 11) is 0. The van der Waals surface area contributed by atoms with Crippen molar-refractivity contribution in [2.24, 2.45) is 0 Å². The Labute approximate surface area is 129 Å². The third-order valence-electron chi connectivity index (χ3n) is 4.19. The summed E-state index contributed by atoms with van der Waals surface area (Å²) in [4.78, 5) is 4.83. The standard InChI is InChI=1S/C19H28N2/c1-6-10-20-19-12-18(13(3)4)21-17-9-8-15(11-16(17)19)14(5)7-2/h8-9,11-14H,6-7,10H2,1-5H3,(H,20,21). The Morgan fingerprint density at radius 3 is 2.48 bits per heavy atom. The molecule has 0 aliphatic rings. The quantitative estimate of drug-likeness (QED) is 0.736. The first-order chi connectivity index (χ1) is 10.1. The minimum absolute atomic E-state index is 0.450. The molecule has 1 aromatic carbocycles. The van der Waals surface area contributed by atoms with E-state index in [4.69, 9.17) is 4.98 Å². The lowest BCUT2D eigenvalue weighted by Gasteiger charge is -2.16. The van der Waals surface area contributed by atoms with E-state index in [1.165, 1.54) is 23.1 Å². The van der Waals surface area contributed by atoms with Crippen molar-refractivity contribution in [3.63, 3.8) is 0 Å². The van der Waals surface area contributed by atoms with Crippen LogP contribution in [0.25, 0.3) is 10.9 Å². The summed E-state index contributed by atoms with van der Waals surface area (Å²) < 4.78 is 0. The molecule has 1 N–H and O–H groups in total. The molecule has 0 radical (unpaired) electrons. The van der Waals surface area contributed by atoms with Crippen LogP contribution in [0.1, 0.15) is 70.6 Å². The number of hydrogen-bond acceptors (Lipinski definition) is 2. The average molecular weight is 284 g/mol. The molecule has 1 heterocycles. The molecule has 1 aromatic heterocycles. The number of rotatable bonds is 6. The Balaban J connectivity index is 2.55. The normalized spacial score (nSPS) is 12.9. The summed E-state index contributed by atoms with van der Waals surface area (Å²) in [6.45, 7) is 12.1. The fourth-order valence-electron chi connectivity index (χ4n) is 2.51. The average Bonchev–Trinajstić information content (AvgIpc) is 2.50. The maximum Gasteiger partial charge on any atom is 0.0726 e. The molecule has 0 saturated carbocycles. The summed E-state index contributed by atoms with van der Waals surface area (Å²) >= 11 is 0. The summed E-state index contributed by atoms with van der Waals surface area (Å²) in [5.74, 6) is 1.05. The zero-order valence-corrected chi connectivity index (χ0v) is 14.0. The van der Waals surface area contributed by atoms with Crippen molar-refractivity contribution in [3.05, 3.63) is 35.5 Å². The van der Waals surface area contributed by atoms with Gasteiger partial charge in [0, 0.05) is 23.3 Å². The van der Waals surface area contributed by atoms with E-state index in [9.17, 15) is 0 Å². The van der Waals surface area contributed by atoms with Gasteiger partial charge in [0.05, 0.1) is 5.52 Å². The molecule has 2 heteroatoms. The van der Waals surface area contributed by atoms with Crippen LogP contribution in [0.3, 0.4) is 0 Å². The second kappa shape index (κ2) is 6.93. The molecule has 0 aliphatic carbocycles. The molecule has 2 rings (SSSR count). The van der Waals surface area contributed by atoms with E-state index in [0.29, 0.717) is 11.8 Å². The highest BCUT2D eigenvalue weighted by Gasteiger charge is 2.11. The maximum absolute atomic E-state index is 4.83. The topological polar surface area (TPSA) is 24.9 Å². The van der Waals surface area contributed by atoms with Gasteiger partial charge in [-0.05, 0) is 48.4 Å². The van der Waals surface area contributed by atoms with Crippen LogP contribution in [0, 0.1) is 0 Å². The Morgan fingerprint density at radius 1 is 1.10 bits per heavy atom. The lowest BCUT2D eigenvalue weighted by molar-refractivity contribution is 0.734. The highest BCUT2D eigenvalue weighted by molar-refractivity contribution is 5.92. The number of hydrogen-bond donors (Lipinski definition) is 1. The van der Waals surface area contributed by atoms with Gasteiger partial charge in [0.25, 0.3) is 0 Å². The molecule has 0 bridgehead atoms. The van der Waals surface area contributed by atoms with Crippen molar-refractivity contribution >= 4 is 16.6 Å². The first-order valence-corrected chi connectivity index (χ1v) is 8.25. The SMILES string of the molecule is CCCNc1cc(C(C)C)nc2ccc(C(C)CC)cc12. The Kier molecular flexibility index (Phi) is 5.22. The van der Waals surface area contributed by atoms with Gasteiger partial charge in [0.1, 0.15) is 0 Å². The van der Waals surface area contributed by atoms with Crippen LogP contribution in [0.4, 0.5) is 5.69 Å². The molecule has 0 amide bonds. The van der Waals surface area contributed by atoms with E-state index in [0.717, 1.165) is 24.2 Å². The van der Waals surface area contributed by atoms with Gasteiger partial charge in [-0.15, -0.1) is 0 Å². The van der Waals surface area contributed by atoms with Gasteiger partial charge in [-0.1, -0.05) is 40.7 Å². The molecule has 2 aromatic rings. The van der Waals surface area contributed by atoms with E-state index in [-0.39, 0.29) is 0 Å². The molecule has 0 spiro atoms. The summed E-state index contributed by atoms with van der Waals surface area (Å²) in [5, 5.41) is 4.83. The predicted octanol–water partition coefficient (Wildman–Crippen LogP) is 5.69. The van der Waals surface area contributed by atoms with Crippen LogP contribution >= 0.6 is 0 Å². The van der Waals surface area contributed by atoms with Gasteiger partial charge in [0.15, 0.2) is 0 Å². The number of nitrogens with zero attached hydrogens (tertiary/aromatic N) is 1. The van der Waals surface area contributed by atoms with Crippen molar-refractivity contribution < 1.29 is 0 Å². The van der Waals surface area contributed by atoms with E-state index in [2.05, 4.69) is 64.2 Å². The van der Waals surface area contributed by atoms with Crippen LogP contribution in [-0.2, 0) is 0 Å². The molecular weight excluding hydrogens is 256 g/mol. The third kappa shape index (κ3) is 3.55. The van der Waals surface area contributed by atoms with Crippen molar-refractivity contribution in [1.29, 1.82) is 0 Å². The third-order valence-corrected chi connectivity index (χ3v) is 4.19.